The molecule has 116 valence electrons. The SMILES string of the molecule is Cn1c(CO)cc(=O)c(O)c1CN1CCc2ccccc2C1. The van der Waals surface area contributed by atoms with Crippen molar-refractivity contribution < 1.29 is 10.2 Å². The maximum atomic E-state index is 11.8. The van der Waals surface area contributed by atoms with Gasteiger partial charge in [0.15, 0.2) is 5.75 Å². The summed E-state index contributed by atoms with van der Waals surface area (Å²) in [5.74, 6) is -0.224. The normalized spacial score (nSPS) is 14.8. The molecule has 0 fully saturated rings. The number of nitrogens with zero attached hydrogens (tertiary/aromatic N) is 2. The predicted molar refractivity (Wildman–Crippen MR) is 83.5 cm³/mol. The summed E-state index contributed by atoms with van der Waals surface area (Å²) in [4.78, 5) is 14.0. The number of fused-ring (bicyclic) bond motifs is 1. The second kappa shape index (κ2) is 5.94. The average molecular weight is 300 g/mol. The molecule has 0 bridgehead atoms. The summed E-state index contributed by atoms with van der Waals surface area (Å²) in [5, 5.41) is 19.4. The fourth-order valence-electron chi connectivity index (χ4n) is 3.02. The van der Waals surface area contributed by atoms with Crippen LogP contribution in [0.15, 0.2) is 35.1 Å². The molecule has 3 rings (SSSR count). The van der Waals surface area contributed by atoms with Gasteiger partial charge in [0.25, 0.3) is 0 Å². The molecule has 2 heterocycles. The summed E-state index contributed by atoms with van der Waals surface area (Å²) in [7, 11) is 1.76. The van der Waals surface area contributed by atoms with Crippen LogP contribution >= 0.6 is 0 Å². The summed E-state index contributed by atoms with van der Waals surface area (Å²) >= 11 is 0. The molecule has 0 saturated carbocycles. The molecule has 0 saturated heterocycles. The second-order valence-corrected chi connectivity index (χ2v) is 5.74. The quantitative estimate of drug-likeness (QED) is 0.892. The van der Waals surface area contributed by atoms with Crippen LogP contribution in [0, 0.1) is 0 Å². The van der Waals surface area contributed by atoms with E-state index in [1.54, 1.807) is 11.6 Å². The van der Waals surface area contributed by atoms with E-state index in [0.717, 1.165) is 19.5 Å². The lowest BCUT2D eigenvalue weighted by atomic mass is 10.00. The number of hydrogen-bond donors (Lipinski definition) is 2. The summed E-state index contributed by atoms with van der Waals surface area (Å²) < 4.78 is 1.71. The van der Waals surface area contributed by atoms with E-state index >= 15 is 0 Å². The van der Waals surface area contributed by atoms with Crippen molar-refractivity contribution in [2.24, 2.45) is 7.05 Å². The van der Waals surface area contributed by atoms with Gasteiger partial charge in [0.2, 0.25) is 5.43 Å². The van der Waals surface area contributed by atoms with Crippen molar-refractivity contribution in [3.8, 4) is 5.75 Å². The van der Waals surface area contributed by atoms with Crippen LogP contribution in [-0.4, -0.2) is 26.2 Å². The maximum Gasteiger partial charge on any atom is 0.223 e. The van der Waals surface area contributed by atoms with Crippen molar-refractivity contribution in [3.05, 3.63) is 63.1 Å². The Labute approximate surface area is 129 Å². The van der Waals surface area contributed by atoms with Gasteiger partial charge in [-0.25, -0.2) is 0 Å². The zero-order valence-electron chi connectivity index (χ0n) is 12.6. The van der Waals surface area contributed by atoms with Crippen LogP contribution in [0.2, 0.25) is 0 Å². The number of rotatable bonds is 3. The monoisotopic (exact) mass is 300 g/mol. The third-order valence-corrected chi connectivity index (χ3v) is 4.39. The first-order valence-corrected chi connectivity index (χ1v) is 7.41. The lowest BCUT2D eigenvalue weighted by molar-refractivity contribution is 0.231. The van der Waals surface area contributed by atoms with E-state index in [-0.39, 0.29) is 12.4 Å². The van der Waals surface area contributed by atoms with Crippen LogP contribution in [0.1, 0.15) is 22.5 Å². The van der Waals surface area contributed by atoms with Crippen molar-refractivity contribution >= 4 is 0 Å². The topological polar surface area (TPSA) is 65.7 Å². The summed E-state index contributed by atoms with van der Waals surface area (Å²) in [6, 6.07) is 9.62. The van der Waals surface area contributed by atoms with Crippen LogP contribution in [0.5, 0.6) is 5.75 Å². The smallest absolute Gasteiger partial charge is 0.223 e. The van der Waals surface area contributed by atoms with Gasteiger partial charge in [-0.2, -0.15) is 0 Å². The molecule has 0 radical (unpaired) electrons. The molecule has 0 spiro atoms. The fourth-order valence-corrected chi connectivity index (χ4v) is 3.02. The number of aliphatic hydroxyl groups is 1. The molecule has 22 heavy (non-hydrogen) atoms. The zero-order valence-corrected chi connectivity index (χ0v) is 12.6. The molecule has 5 nitrogen and oxygen atoms in total. The predicted octanol–water partition coefficient (Wildman–Crippen LogP) is 1.14. The molecule has 1 aromatic carbocycles. The molecule has 1 aliphatic rings. The maximum absolute atomic E-state index is 11.8. The van der Waals surface area contributed by atoms with Gasteiger partial charge < -0.3 is 14.8 Å². The Morgan fingerprint density at radius 2 is 1.95 bits per heavy atom. The molecule has 0 unspecified atom stereocenters. The molecule has 0 amide bonds. The Balaban J connectivity index is 1.89. The molecule has 0 atom stereocenters. The first-order chi connectivity index (χ1) is 10.6. The zero-order chi connectivity index (χ0) is 15.7. The molecule has 1 aromatic heterocycles. The van der Waals surface area contributed by atoms with E-state index in [9.17, 15) is 15.0 Å². The second-order valence-electron chi connectivity index (χ2n) is 5.74. The first-order valence-electron chi connectivity index (χ1n) is 7.41. The standard InChI is InChI=1S/C17H20N2O3/c1-18-14(11-20)8-16(21)17(22)15(18)10-19-7-6-12-4-2-3-5-13(12)9-19/h2-5,8,20,22H,6-7,9-11H2,1H3. The number of benzene rings is 1. The molecular weight excluding hydrogens is 280 g/mol. The highest BCUT2D eigenvalue weighted by Gasteiger charge is 2.20. The van der Waals surface area contributed by atoms with Crippen molar-refractivity contribution in [1.29, 1.82) is 0 Å². The molecule has 2 aromatic rings. The number of aliphatic hydroxyl groups excluding tert-OH is 1. The lowest BCUT2D eigenvalue weighted by Crippen LogP contribution is -2.32. The van der Waals surface area contributed by atoms with Gasteiger partial charge >= 0.3 is 0 Å². The highest BCUT2D eigenvalue weighted by Crippen LogP contribution is 2.22. The summed E-state index contributed by atoms with van der Waals surface area (Å²) in [6.07, 6.45) is 0.963. The lowest BCUT2D eigenvalue weighted by Gasteiger charge is -2.29. The van der Waals surface area contributed by atoms with Crippen molar-refractivity contribution in [3.63, 3.8) is 0 Å². The van der Waals surface area contributed by atoms with Crippen LogP contribution in [0.25, 0.3) is 0 Å². The Morgan fingerprint density at radius 3 is 2.68 bits per heavy atom. The molecule has 1 aliphatic heterocycles. The Hall–Kier alpha value is -2.11. The van der Waals surface area contributed by atoms with E-state index in [1.807, 2.05) is 6.07 Å². The van der Waals surface area contributed by atoms with Crippen LogP contribution in [0.3, 0.4) is 0 Å². The van der Waals surface area contributed by atoms with Gasteiger partial charge in [0.1, 0.15) is 0 Å². The van der Waals surface area contributed by atoms with E-state index in [2.05, 4.69) is 23.1 Å². The van der Waals surface area contributed by atoms with Gasteiger partial charge in [0, 0.05) is 38.4 Å². The van der Waals surface area contributed by atoms with Crippen molar-refractivity contribution in [2.45, 2.75) is 26.1 Å². The van der Waals surface area contributed by atoms with Crippen molar-refractivity contribution in [2.75, 3.05) is 6.54 Å². The van der Waals surface area contributed by atoms with Crippen molar-refractivity contribution in [1.82, 2.24) is 9.47 Å². The Kier molecular flexibility index (Phi) is 4.00. The van der Waals surface area contributed by atoms with Gasteiger partial charge in [-0.3, -0.25) is 9.69 Å². The summed E-state index contributed by atoms with van der Waals surface area (Å²) in [5.41, 5.74) is 3.28. The van der Waals surface area contributed by atoms with Crippen LogP contribution < -0.4 is 5.43 Å². The fraction of sp³-hybridized carbons (Fsp3) is 0.353. The minimum atomic E-state index is -0.436. The first kappa shape index (κ1) is 14.8. The van der Waals surface area contributed by atoms with E-state index in [1.165, 1.54) is 17.2 Å². The average Bonchev–Trinajstić information content (AvgIpc) is 2.54. The third kappa shape index (κ3) is 2.65. The molecule has 0 aliphatic carbocycles. The minimum absolute atomic E-state index is 0.220. The highest BCUT2D eigenvalue weighted by molar-refractivity contribution is 5.32. The number of aromatic hydroxyl groups is 1. The highest BCUT2D eigenvalue weighted by atomic mass is 16.3. The third-order valence-electron chi connectivity index (χ3n) is 4.39. The largest absolute Gasteiger partial charge is 0.503 e. The Bertz CT molecular complexity index is 752. The number of hydrogen-bond acceptors (Lipinski definition) is 4. The van der Waals surface area contributed by atoms with E-state index < -0.39 is 5.43 Å². The van der Waals surface area contributed by atoms with Gasteiger partial charge in [-0.1, -0.05) is 24.3 Å². The van der Waals surface area contributed by atoms with Gasteiger partial charge in [-0.05, 0) is 17.5 Å². The Morgan fingerprint density at radius 1 is 1.23 bits per heavy atom. The summed E-state index contributed by atoms with van der Waals surface area (Å²) in [6.45, 7) is 1.95. The number of aromatic nitrogens is 1. The molecular formula is C17H20N2O3. The molecule has 2 N–H and O–H groups in total. The van der Waals surface area contributed by atoms with E-state index in [0.29, 0.717) is 17.9 Å². The van der Waals surface area contributed by atoms with Gasteiger partial charge in [0.05, 0.1) is 12.3 Å². The van der Waals surface area contributed by atoms with Crippen LogP contribution in [0.4, 0.5) is 0 Å². The van der Waals surface area contributed by atoms with Crippen LogP contribution in [-0.2, 0) is 33.2 Å². The number of pyridine rings is 1. The molecule has 5 heteroatoms. The van der Waals surface area contributed by atoms with E-state index in [4.69, 9.17) is 0 Å². The van der Waals surface area contributed by atoms with Gasteiger partial charge in [-0.15, -0.1) is 0 Å². The minimum Gasteiger partial charge on any atom is -0.503 e.